The minimum absolute atomic E-state index is 0.0604. The standard InChI is InChI=1S/C18H18N2OS2/c1-13(17(21)19-12-11-14-7-3-2-4-8-14)22-18-20-15-9-5-6-10-16(15)23-18/h2-10,13H,11-12H2,1H3,(H,19,21). The molecule has 23 heavy (non-hydrogen) atoms. The Kier molecular flexibility index (Phi) is 5.31. The first kappa shape index (κ1) is 16.0. The summed E-state index contributed by atoms with van der Waals surface area (Å²) in [6.45, 7) is 2.59. The van der Waals surface area contributed by atoms with Crippen molar-refractivity contribution in [3.05, 3.63) is 60.2 Å². The Labute approximate surface area is 144 Å². The van der Waals surface area contributed by atoms with Crippen molar-refractivity contribution in [1.29, 1.82) is 0 Å². The molecule has 3 nitrogen and oxygen atoms in total. The van der Waals surface area contributed by atoms with Crippen LogP contribution in [0.1, 0.15) is 12.5 Å². The lowest BCUT2D eigenvalue weighted by Gasteiger charge is -2.10. The summed E-state index contributed by atoms with van der Waals surface area (Å²) in [6, 6.07) is 18.2. The Morgan fingerprint density at radius 2 is 1.91 bits per heavy atom. The smallest absolute Gasteiger partial charge is 0.233 e. The molecule has 0 radical (unpaired) electrons. The maximum atomic E-state index is 12.2. The monoisotopic (exact) mass is 342 g/mol. The van der Waals surface area contributed by atoms with Crippen molar-refractivity contribution in [3.63, 3.8) is 0 Å². The van der Waals surface area contributed by atoms with E-state index in [1.807, 2.05) is 43.3 Å². The number of thiazole rings is 1. The van der Waals surface area contributed by atoms with Gasteiger partial charge in [-0.15, -0.1) is 11.3 Å². The van der Waals surface area contributed by atoms with Crippen molar-refractivity contribution in [2.75, 3.05) is 6.54 Å². The first-order valence-electron chi connectivity index (χ1n) is 7.56. The number of rotatable bonds is 6. The molecule has 0 fully saturated rings. The summed E-state index contributed by atoms with van der Waals surface area (Å²) in [4.78, 5) is 16.8. The van der Waals surface area contributed by atoms with Crippen LogP contribution in [-0.2, 0) is 11.2 Å². The first-order valence-corrected chi connectivity index (χ1v) is 9.26. The molecule has 1 unspecified atom stereocenters. The van der Waals surface area contributed by atoms with E-state index < -0.39 is 0 Å². The second kappa shape index (κ2) is 7.62. The summed E-state index contributed by atoms with van der Waals surface area (Å²) >= 11 is 3.15. The zero-order valence-electron chi connectivity index (χ0n) is 12.9. The van der Waals surface area contributed by atoms with Gasteiger partial charge in [0.1, 0.15) is 0 Å². The maximum absolute atomic E-state index is 12.2. The van der Waals surface area contributed by atoms with Gasteiger partial charge in [0.05, 0.1) is 15.5 Å². The Balaban J connectivity index is 1.51. The number of nitrogens with zero attached hydrogens (tertiary/aromatic N) is 1. The topological polar surface area (TPSA) is 42.0 Å². The second-order valence-electron chi connectivity index (χ2n) is 5.23. The normalized spacial score (nSPS) is 12.2. The second-order valence-corrected chi connectivity index (χ2v) is 7.85. The number of nitrogens with one attached hydrogen (secondary N) is 1. The summed E-state index contributed by atoms with van der Waals surface area (Å²) in [5.74, 6) is 0.0604. The molecule has 0 aliphatic heterocycles. The summed E-state index contributed by atoms with van der Waals surface area (Å²) in [6.07, 6.45) is 0.852. The molecule has 0 saturated carbocycles. The van der Waals surface area contributed by atoms with Gasteiger partial charge in [0.15, 0.2) is 4.34 Å². The summed E-state index contributed by atoms with van der Waals surface area (Å²) in [5.41, 5.74) is 2.23. The van der Waals surface area contributed by atoms with E-state index in [0.717, 1.165) is 21.0 Å². The average Bonchev–Trinajstić information content (AvgIpc) is 2.98. The third-order valence-electron chi connectivity index (χ3n) is 3.48. The first-order chi connectivity index (χ1) is 11.2. The largest absolute Gasteiger partial charge is 0.355 e. The fourth-order valence-corrected chi connectivity index (χ4v) is 4.46. The third kappa shape index (κ3) is 4.33. The fourth-order valence-electron chi connectivity index (χ4n) is 2.22. The number of carbonyl (C=O) groups excluding carboxylic acids is 1. The van der Waals surface area contributed by atoms with Gasteiger partial charge in [-0.1, -0.05) is 54.2 Å². The Morgan fingerprint density at radius 3 is 2.70 bits per heavy atom. The van der Waals surface area contributed by atoms with Gasteiger partial charge in [0.2, 0.25) is 5.91 Å². The highest BCUT2D eigenvalue weighted by Crippen LogP contribution is 2.31. The molecular weight excluding hydrogens is 324 g/mol. The highest BCUT2D eigenvalue weighted by atomic mass is 32.2. The van der Waals surface area contributed by atoms with E-state index >= 15 is 0 Å². The molecule has 3 aromatic rings. The minimum Gasteiger partial charge on any atom is -0.355 e. The number of benzene rings is 2. The average molecular weight is 342 g/mol. The van der Waals surface area contributed by atoms with Gasteiger partial charge >= 0.3 is 0 Å². The van der Waals surface area contributed by atoms with Crippen molar-refractivity contribution in [2.24, 2.45) is 0 Å². The van der Waals surface area contributed by atoms with Crippen LogP contribution in [0.4, 0.5) is 0 Å². The predicted molar refractivity (Wildman–Crippen MR) is 98.1 cm³/mol. The quantitative estimate of drug-likeness (QED) is 0.685. The highest BCUT2D eigenvalue weighted by molar-refractivity contribution is 8.02. The van der Waals surface area contributed by atoms with Crippen LogP contribution in [0.5, 0.6) is 0 Å². The fraction of sp³-hybridized carbons (Fsp3) is 0.222. The summed E-state index contributed by atoms with van der Waals surface area (Å²) in [5, 5.41) is 2.86. The van der Waals surface area contributed by atoms with E-state index in [1.54, 1.807) is 11.3 Å². The molecule has 0 aliphatic carbocycles. The van der Waals surface area contributed by atoms with E-state index in [1.165, 1.54) is 17.3 Å². The lowest BCUT2D eigenvalue weighted by molar-refractivity contribution is -0.120. The van der Waals surface area contributed by atoms with E-state index in [-0.39, 0.29) is 11.2 Å². The molecule has 1 amide bonds. The van der Waals surface area contributed by atoms with Gasteiger partial charge in [0, 0.05) is 6.54 Å². The molecule has 1 heterocycles. The van der Waals surface area contributed by atoms with Crippen LogP contribution in [0.25, 0.3) is 10.2 Å². The van der Waals surface area contributed by atoms with E-state index in [4.69, 9.17) is 0 Å². The molecule has 118 valence electrons. The Hall–Kier alpha value is -1.85. The van der Waals surface area contributed by atoms with Crippen LogP contribution in [0.15, 0.2) is 58.9 Å². The van der Waals surface area contributed by atoms with Crippen LogP contribution in [0, 0.1) is 0 Å². The molecule has 1 aromatic heterocycles. The van der Waals surface area contributed by atoms with Crippen molar-refractivity contribution in [1.82, 2.24) is 10.3 Å². The Morgan fingerprint density at radius 1 is 1.17 bits per heavy atom. The minimum atomic E-state index is -0.147. The number of amides is 1. The van der Waals surface area contributed by atoms with Gasteiger partial charge in [-0.05, 0) is 31.0 Å². The molecule has 0 aliphatic rings. The summed E-state index contributed by atoms with van der Waals surface area (Å²) in [7, 11) is 0. The number of aromatic nitrogens is 1. The SMILES string of the molecule is CC(Sc1nc2ccccc2s1)C(=O)NCCc1ccccc1. The van der Waals surface area contributed by atoms with Crippen molar-refractivity contribution in [3.8, 4) is 0 Å². The Bertz CT molecular complexity index is 753. The van der Waals surface area contributed by atoms with Gasteiger partial charge in [-0.3, -0.25) is 4.79 Å². The van der Waals surface area contributed by atoms with E-state index in [9.17, 15) is 4.79 Å². The molecule has 0 bridgehead atoms. The predicted octanol–water partition coefficient (Wildman–Crippen LogP) is 4.14. The number of fused-ring (bicyclic) bond motifs is 1. The van der Waals surface area contributed by atoms with Crippen molar-refractivity contribution >= 4 is 39.2 Å². The lowest BCUT2D eigenvalue weighted by Crippen LogP contribution is -2.32. The van der Waals surface area contributed by atoms with Crippen LogP contribution >= 0.6 is 23.1 Å². The van der Waals surface area contributed by atoms with Crippen molar-refractivity contribution in [2.45, 2.75) is 22.9 Å². The molecule has 0 spiro atoms. The van der Waals surface area contributed by atoms with Crippen molar-refractivity contribution < 1.29 is 4.79 Å². The third-order valence-corrected chi connectivity index (χ3v) is 5.71. The number of thioether (sulfide) groups is 1. The molecule has 1 atom stereocenters. The zero-order chi connectivity index (χ0) is 16.1. The van der Waals surface area contributed by atoms with E-state index in [0.29, 0.717) is 6.54 Å². The number of hydrogen-bond donors (Lipinski definition) is 1. The number of carbonyl (C=O) groups is 1. The van der Waals surface area contributed by atoms with E-state index in [2.05, 4.69) is 28.5 Å². The van der Waals surface area contributed by atoms with Crippen LogP contribution in [-0.4, -0.2) is 22.7 Å². The zero-order valence-corrected chi connectivity index (χ0v) is 14.5. The van der Waals surface area contributed by atoms with Gasteiger partial charge < -0.3 is 5.32 Å². The molecule has 3 rings (SSSR count). The number of para-hydroxylation sites is 1. The molecule has 0 saturated heterocycles. The van der Waals surface area contributed by atoms with Crippen LogP contribution < -0.4 is 5.32 Å². The van der Waals surface area contributed by atoms with Crippen LogP contribution in [0.3, 0.4) is 0 Å². The highest BCUT2D eigenvalue weighted by Gasteiger charge is 2.16. The molecule has 5 heteroatoms. The van der Waals surface area contributed by atoms with Gasteiger partial charge in [-0.2, -0.15) is 0 Å². The number of hydrogen-bond acceptors (Lipinski definition) is 4. The molecule has 1 N–H and O–H groups in total. The molecule has 2 aromatic carbocycles. The lowest BCUT2D eigenvalue weighted by atomic mass is 10.1. The van der Waals surface area contributed by atoms with Gasteiger partial charge in [0.25, 0.3) is 0 Å². The maximum Gasteiger partial charge on any atom is 0.233 e. The molecular formula is C18H18N2OS2. The summed E-state index contributed by atoms with van der Waals surface area (Å²) < 4.78 is 2.10. The van der Waals surface area contributed by atoms with Crippen LogP contribution in [0.2, 0.25) is 0 Å². The van der Waals surface area contributed by atoms with Gasteiger partial charge in [-0.25, -0.2) is 4.98 Å².